The molecule has 4 rings (SSSR count). The molecule has 0 saturated heterocycles. The predicted molar refractivity (Wildman–Crippen MR) is 98.6 cm³/mol. The second-order valence-electron chi connectivity index (χ2n) is 6.62. The molecule has 0 unspecified atom stereocenters. The smallest absolute Gasteiger partial charge is 0.280 e. The summed E-state index contributed by atoms with van der Waals surface area (Å²) in [6, 6.07) is 8.95. The van der Waals surface area contributed by atoms with Crippen molar-refractivity contribution in [2.75, 3.05) is 18.6 Å². The summed E-state index contributed by atoms with van der Waals surface area (Å²) in [5.74, 6) is -0.814. The maximum Gasteiger partial charge on any atom is 0.280 e. The lowest BCUT2D eigenvalue weighted by molar-refractivity contribution is 0.0984. The number of halogens is 2. The van der Waals surface area contributed by atoms with Crippen LogP contribution in [0, 0.1) is 18.6 Å². The molecule has 0 spiro atoms. The van der Waals surface area contributed by atoms with Crippen LogP contribution in [0.15, 0.2) is 36.4 Å². The fourth-order valence-electron chi connectivity index (χ4n) is 3.36. The van der Waals surface area contributed by atoms with Gasteiger partial charge in [0.25, 0.3) is 5.91 Å². The summed E-state index contributed by atoms with van der Waals surface area (Å²) >= 11 is 0. The highest BCUT2D eigenvalue weighted by Gasteiger charge is 2.29. The molecule has 0 aliphatic carbocycles. The van der Waals surface area contributed by atoms with E-state index < -0.39 is 11.6 Å². The van der Waals surface area contributed by atoms with E-state index in [0.717, 1.165) is 29.5 Å². The molecule has 0 saturated carbocycles. The molecule has 0 atom stereocenters. The molecule has 0 N–H and O–H groups in total. The molecule has 1 aliphatic rings. The molecule has 0 bridgehead atoms. The number of ether oxygens (including phenoxy) is 1. The Kier molecular flexibility index (Phi) is 4.54. The van der Waals surface area contributed by atoms with E-state index in [4.69, 9.17) is 4.74 Å². The number of amides is 1. The number of hydrogen-bond acceptors (Lipinski definition) is 4. The van der Waals surface area contributed by atoms with Crippen LogP contribution in [-0.2, 0) is 13.0 Å². The lowest BCUT2D eigenvalue weighted by Gasteiger charge is -2.16. The summed E-state index contributed by atoms with van der Waals surface area (Å²) in [6.07, 6.45) is 0.728. The Bertz CT molecular complexity index is 1060. The van der Waals surface area contributed by atoms with E-state index in [2.05, 4.69) is 10.3 Å². The molecule has 0 radical (unpaired) electrons. The fraction of sp³-hybridized carbons (Fsp3) is 0.250. The minimum absolute atomic E-state index is 0.0615. The Morgan fingerprint density at radius 2 is 2.04 bits per heavy atom. The van der Waals surface area contributed by atoms with Gasteiger partial charge in [0.15, 0.2) is 5.69 Å². The summed E-state index contributed by atoms with van der Waals surface area (Å²) < 4.78 is 33.7. The van der Waals surface area contributed by atoms with Gasteiger partial charge in [0.1, 0.15) is 17.4 Å². The van der Waals surface area contributed by atoms with Gasteiger partial charge in [0, 0.05) is 23.9 Å². The second kappa shape index (κ2) is 7.03. The number of carbonyl (C=O) groups excluding carboxylic acids is 1. The first kappa shape index (κ1) is 18.1. The summed E-state index contributed by atoms with van der Waals surface area (Å²) in [7, 11) is 1.60. The first-order chi connectivity index (χ1) is 13.5. The van der Waals surface area contributed by atoms with Gasteiger partial charge in [-0.2, -0.15) is 0 Å². The highest BCUT2D eigenvalue weighted by molar-refractivity contribution is 6.06. The Morgan fingerprint density at radius 1 is 1.21 bits per heavy atom. The van der Waals surface area contributed by atoms with E-state index in [1.54, 1.807) is 18.9 Å². The highest BCUT2D eigenvalue weighted by Crippen LogP contribution is 2.32. The van der Waals surface area contributed by atoms with Crippen LogP contribution < -0.4 is 9.64 Å². The van der Waals surface area contributed by atoms with E-state index in [0.29, 0.717) is 12.2 Å². The van der Waals surface area contributed by atoms with Crippen molar-refractivity contribution < 1.29 is 18.3 Å². The van der Waals surface area contributed by atoms with Gasteiger partial charge >= 0.3 is 0 Å². The fourth-order valence-corrected chi connectivity index (χ4v) is 3.36. The first-order valence-corrected chi connectivity index (χ1v) is 8.80. The molecular weight excluding hydrogens is 366 g/mol. The third-order valence-corrected chi connectivity index (χ3v) is 4.95. The summed E-state index contributed by atoms with van der Waals surface area (Å²) in [6.45, 7) is 2.31. The number of aromatic nitrogens is 3. The molecule has 3 aromatic rings. The van der Waals surface area contributed by atoms with Gasteiger partial charge in [-0.05, 0) is 43.2 Å². The van der Waals surface area contributed by atoms with Crippen molar-refractivity contribution in [1.82, 2.24) is 15.0 Å². The number of methoxy groups -OCH3 is 1. The second-order valence-corrected chi connectivity index (χ2v) is 6.62. The molecule has 2 aromatic carbocycles. The van der Waals surface area contributed by atoms with E-state index >= 15 is 0 Å². The SMILES string of the molecule is COc1ccc2c(c1)CCN2C(=O)c1nnn(Cc2ccc(F)cc2F)c1C. The average Bonchev–Trinajstić information content (AvgIpc) is 3.26. The van der Waals surface area contributed by atoms with Gasteiger partial charge in [0.05, 0.1) is 19.3 Å². The van der Waals surface area contributed by atoms with E-state index in [-0.39, 0.29) is 23.7 Å². The van der Waals surface area contributed by atoms with Gasteiger partial charge < -0.3 is 9.64 Å². The van der Waals surface area contributed by atoms with Crippen molar-refractivity contribution in [1.29, 1.82) is 0 Å². The topological polar surface area (TPSA) is 60.2 Å². The van der Waals surface area contributed by atoms with Crippen molar-refractivity contribution >= 4 is 11.6 Å². The maximum atomic E-state index is 13.9. The monoisotopic (exact) mass is 384 g/mol. The molecule has 1 aromatic heterocycles. The average molecular weight is 384 g/mol. The Labute approximate surface area is 160 Å². The van der Waals surface area contributed by atoms with Crippen LogP contribution in [0.5, 0.6) is 5.75 Å². The zero-order chi connectivity index (χ0) is 19.8. The number of benzene rings is 2. The molecule has 2 heterocycles. The maximum absolute atomic E-state index is 13.9. The predicted octanol–water partition coefficient (Wildman–Crippen LogP) is 3.12. The van der Waals surface area contributed by atoms with Crippen molar-refractivity contribution in [3.8, 4) is 5.75 Å². The lowest BCUT2D eigenvalue weighted by Crippen LogP contribution is -2.29. The normalized spacial score (nSPS) is 12.9. The molecule has 8 heteroatoms. The quantitative estimate of drug-likeness (QED) is 0.694. The number of nitrogens with zero attached hydrogens (tertiary/aromatic N) is 4. The number of anilines is 1. The first-order valence-electron chi connectivity index (χ1n) is 8.80. The van der Waals surface area contributed by atoms with Crippen molar-refractivity contribution in [3.05, 3.63) is 70.5 Å². The van der Waals surface area contributed by atoms with Gasteiger partial charge in [-0.3, -0.25) is 4.79 Å². The largest absolute Gasteiger partial charge is 0.497 e. The Hall–Kier alpha value is -3.29. The molecule has 1 amide bonds. The molecule has 28 heavy (non-hydrogen) atoms. The van der Waals surface area contributed by atoms with Crippen molar-refractivity contribution in [2.45, 2.75) is 19.9 Å². The number of fused-ring (bicyclic) bond motifs is 1. The van der Waals surface area contributed by atoms with Crippen LogP contribution in [0.3, 0.4) is 0 Å². The number of hydrogen-bond donors (Lipinski definition) is 0. The third-order valence-electron chi connectivity index (χ3n) is 4.95. The Morgan fingerprint density at radius 3 is 2.79 bits per heavy atom. The lowest BCUT2D eigenvalue weighted by atomic mass is 10.1. The van der Waals surface area contributed by atoms with Crippen LogP contribution in [-0.4, -0.2) is 34.6 Å². The van der Waals surface area contributed by atoms with Gasteiger partial charge in [-0.15, -0.1) is 5.10 Å². The molecular formula is C20H18F2N4O2. The van der Waals surface area contributed by atoms with Crippen molar-refractivity contribution in [3.63, 3.8) is 0 Å². The van der Waals surface area contributed by atoms with Crippen LogP contribution in [0.4, 0.5) is 14.5 Å². The molecule has 0 fully saturated rings. The minimum atomic E-state index is -0.662. The molecule has 6 nitrogen and oxygen atoms in total. The molecule has 144 valence electrons. The van der Waals surface area contributed by atoms with E-state index in [1.165, 1.54) is 16.8 Å². The molecule has 1 aliphatic heterocycles. The summed E-state index contributed by atoms with van der Waals surface area (Å²) in [5, 5.41) is 8.00. The summed E-state index contributed by atoms with van der Waals surface area (Å²) in [5.41, 5.74) is 2.87. The van der Waals surface area contributed by atoms with Crippen LogP contribution >= 0.6 is 0 Å². The number of rotatable bonds is 4. The van der Waals surface area contributed by atoms with Gasteiger partial charge in [-0.25, -0.2) is 13.5 Å². The minimum Gasteiger partial charge on any atom is -0.497 e. The number of carbonyl (C=O) groups is 1. The van der Waals surface area contributed by atoms with E-state index in [1.807, 2.05) is 18.2 Å². The third kappa shape index (κ3) is 3.11. The summed E-state index contributed by atoms with van der Waals surface area (Å²) in [4.78, 5) is 14.7. The highest BCUT2D eigenvalue weighted by atomic mass is 19.1. The standard InChI is InChI=1S/C20H18F2N4O2/c1-12-19(23-24-26(12)11-14-3-4-15(21)10-17(14)22)20(27)25-8-7-13-9-16(28-2)5-6-18(13)25/h3-6,9-10H,7-8,11H2,1-2H3. The van der Waals surface area contributed by atoms with Crippen LogP contribution in [0.25, 0.3) is 0 Å². The van der Waals surface area contributed by atoms with Crippen LogP contribution in [0.1, 0.15) is 27.3 Å². The Balaban J connectivity index is 1.59. The van der Waals surface area contributed by atoms with E-state index in [9.17, 15) is 13.6 Å². The van der Waals surface area contributed by atoms with Crippen molar-refractivity contribution in [2.24, 2.45) is 0 Å². The zero-order valence-corrected chi connectivity index (χ0v) is 15.4. The van der Waals surface area contributed by atoms with Gasteiger partial charge in [0.2, 0.25) is 0 Å². The zero-order valence-electron chi connectivity index (χ0n) is 15.4. The van der Waals surface area contributed by atoms with Gasteiger partial charge in [-0.1, -0.05) is 11.3 Å². The van der Waals surface area contributed by atoms with Crippen LogP contribution in [0.2, 0.25) is 0 Å².